The van der Waals surface area contributed by atoms with E-state index in [2.05, 4.69) is 43.4 Å². The van der Waals surface area contributed by atoms with E-state index in [0.29, 0.717) is 12.0 Å². The molecule has 1 saturated heterocycles. The lowest BCUT2D eigenvalue weighted by Gasteiger charge is -2.24. The van der Waals surface area contributed by atoms with Crippen LogP contribution in [0.25, 0.3) is 0 Å². The molecule has 1 aromatic rings. The number of benzene rings is 1. The topological polar surface area (TPSA) is 21.3 Å². The van der Waals surface area contributed by atoms with Crippen LogP contribution in [0.15, 0.2) is 24.3 Å². The molecule has 0 aromatic heterocycles. The van der Waals surface area contributed by atoms with E-state index in [1.165, 1.54) is 31.4 Å². The van der Waals surface area contributed by atoms with Gasteiger partial charge in [-0.05, 0) is 49.8 Å². The average molecular weight is 298 g/mol. The molecule has 1 heterocycles. The highest BCUT2D eigenvalue weighted by atomic mass is 35.5. The van der Waals surface area contributed by atoms with Crippen molar-refractivity contribution in [3.8, 4) is 5.75 Å². The second-order valence-electron chi connectivity index (χ2n) is 5.63. The van der Waals surface area contributed by atoms with E-state index in [1.807, 2.05) is 0 Å². The van der Waals surface area contributed by atoms with Crippen LogP contribution in [0, 0.1) is 0 Å². The van der Waals surface area contributed by atoms with Crippen LogP contribution in [0.5, 0.6) is 5.75 Å². The Morgan fingerprint density at radius 2 is 2.10 bits per heavy atom. The molecule has 2 atom stereocenters. The largest absolute Gasteiger partial charge is 0.493 e. The molecule has 2 nitrogen and oxygen atoms in total. The van der Waals surface area contributed by atoms with Gasteiger partial charge in [0, 0.05) is 6.04 Å². The van der Waals surface area contributed by atoms with Gasteiger partial charge in [0.1, 0.15) is 5.75 Å². The standard InChI is InChI=1S/C17H27NO.ClH/c1-3-14(2)16-9-4-5-10-17(16)19-13-11-15-8-6-7-12-18-15;/h4-5,9-10,14-15,18H,3,6-8,11-13H2,1-2H3;1H. The van der Waals surface area contributed by atoms with E-state index >= 15 is 0 Å². The zero-order valence-corrected chi connectivity index (χ0v) is 13.5. The summed E-state index contributed by atoms with van der Waals surface area (Å²) in [5, 5.41) is 3.57. The summed E-state index contributed by atoms with van der Waals surface area (Å²) in [6, 6.07) is 9.14. The highest BCUT2D eigenvalue weighted by molar-refractivity contribution is 5.85. The van der Waals surface area contributed by atoms with Crippen molar-refractivity contribution >= 4 is 12.4 Å². The minimum Gasteiger partial charge on any atom is -0.493 e. The Bertz CT molecular complexity index is 377. The van der Waals surface area contributed by atoms with E-state index in [9.17, 15) is 0 Å². The summed E-state index contributed by atoms with van der Waals surface area (Å²) in [5.74, 6) is 1.65. The number of nitrogens with one attached hydrogen (secondary N) is 1. The maximum Gasteiger partial charge on any atom is 0.122 e. The van der Waals surface area contributed by atoms with E-state index in [-0.39, 0.29) is 12.4 Å². The normalized spacial score (nSPS) is 20.0. The molecule has 0 saturated carbocycles. The first-order chi connectivity index (χ1) is 9.31. The molecule has 114 valence electrons. The quantitative estimate of drug-likeness (QED) is 0.833. The lowest BCUT2D eigenvalue weighted by molar-refractivity contribution is 0.265. The van der Waals surface area contributed by atoms with Crippen molar-refractivity contribution in [1.29, 1.82) is 0 Å². The summed E-state index contributed by atoms with van der Waals surface area (Å²) in [6.07, 6.45) is 6.27. The Hall–Kier alpha value is -0.730. The second kappa shape index (κ2) is 9.25. The summed E-state index contributed by atoms with van der Waals surface area (Å²) in [5.41, 5.74) is 1.35. The van der Waals surface area contributed by atoms with Crippen LogP contribution in [0.4, 0.5) is 0 Å². The van der Waals surface area contributed by atoms with Gasteiger partial charge in [0.05, 0.1) is 6.61 Å². The summed E-state index contributed by atoms with van der Waals surface area (Å²) < 4.78 is 6.02. The van der Waals surface area contributed by atoms with Gasteiger partial charge >= 0.3 is 0 Å². The first-order valence-corrected chi connectivity index (χ1v) is 7.76. The van der Waals surface area contributed by atoms with Crippen LogP contribution in [0.2, 0.25) is 0 Å². The minimum absolute atomic E-state index is 0. The molecule has 0 radical (unpaired) electrons. The fourth-order valence-corrected chi connectivity index (χ4v) is 2.72. The lowest BCUT2D eigenvalue weighted by Crippen LogP contribution is -2.35. The molecule has 1 aliphatic rings. The highest BCUT2D eigenvalue weighted by Gasteiger charge is 2.13. The van der Waals surface area contributed by atoms with Gasteiger partial charge in [-0.3, -0.25) is 0 Å². The molecule has 1 fully saturated rings. The predicted molar refractivity (Wildman–Crippen MR) is 88.1 cm³/mol. The maximum absolute atomic E-state index is 6.02. The van der Waals surface area contributed by atoms with Crippen LogP contribution in [0.1, 0.15) is 57.4 Å². The number of hydrogen-bond donors (Lipinski definition) is 1. The van der Waals surface area contributed by atoms with Crippen molar-refractivity contribution in [1.82, 2.24) is 5.32 Å². The second-order valence-corrected chi connectivity index (χ2v) is 5.63. The molecular formula is C17H28ClNO. The smallest absolute Gasteiger partial charge is 0.122 e. The molecule has 1 N–H and O–H groups in total. The fraction of sp³-hybridized carbons (Fsp3) is 0.647. The fourth-order valence-electron chi connectivity index (χ4n) is 2.72. The molecule has 0 spiro atoms. The molecule has 0 amide bonds. The number of rotatable bonds is 6. The number of para-hydroxylation sites is 1. The number of halogens is 1. The van der Waals surface area contributed by atoms with E-state index in [4.69, 9.17) is 4.74 Å². The van der Waals surface area contributed by atoms with Gasteiger partial charge in [-0.1, -0.05) is 38.5 Å². The van der Waals surface area contributed by atoms with Gasteiger partial charge in [0.15, 0.2) is 0 Å². The van der Waals surface area contributed by atoms with Gasteiger partial charge in [0.2, 0.25) is 0 Å². The van der Waals surface area contributed by atoms with Crippen molar-refractivity contribution in [3.05, 3.63) is 29.8 Å². The molecule has 1 aromatic carbocycles. The van der Waals surface area contributed by atoms with Crippen molar-refractivity contribution < 1.29 is 4.74 Å². The van der Waals surface area contributed by atoms with Gasteiger partial charge < -0.3 is 10.1 Å². The van der Waals surface area contributed by atoms with Crippen LogP contribution >= 0.6 is 12.4 Å². The Morgan fingerprint density at radius 3 is 2.80 bits per heavy atom. The van der Waals surface area contributed by atoms with Crippen LogP contribution in [-0.2, 0) is 0 Å². The van der Waals surface area contributed by atoms with Crippen LogP contribution in [-0.4, -0.2) is 19.2 Å². The third kappa shape index (κ3) is 4.99. The average Bonchev–Trinajstić information content (AvgIpc) is 2.48. The number of hydrogen-bond acceptors (Lipinski definition) is 2. The minimum atomic E-state index is 0. The van der Waals surface area contributed by atoms with Crippen molar-refractivity contribution in [2.45, 2.75) is 57.9 Å². The van der Waals surface area contributed by atoms with E-state index in [1.54, 1.807) is 0 Å². The van der Waals surface area contributed by atoms with Crippen molar-refractivity contribution in [3.63, 3.8) is 0 Å². The van der Waals surface area contributed by atoms with Crippen molar-refractivity contribution in [2.24, 2.45) is 0 Å². The predicted octanol–water partition coefficient (Wildman–Crippen LogP) is 4.53. The SMILES string of the molecule is CCC(C)c1ccccc1OCCC1CCCCN1.Cl. The summed E-state index contributed by atoms with van der Waals surface area (Å²) in [6.45, 7) is 6.50. The zero-order valence-electron chi connectivity index (χ0n) is 12.7. The Labute approximate surface area is 129 Å². The zero-order chi connectivity index (χ0) is 13.5. The first-order valence-electron chi connectivity index (χ1n) is 7.76. The first kappa shape index (κ1) is 17.3. The molecule has 1 aliphatic heterocycles. The van der Waals surface area contributed by atoms with Crippen LogP contribution in [0.3, 0.4) is 0 Å². The third-order valence-corrected chi connectivity index (χ3v) is 4.20. The molecule has 3 heteroatoms. The Balaban J connectivity index is 0.00000200. The molecular weight excluding hydrogens is 270 g/mol. The lowest BCUT2D eigenvalue weighted by atomic mass is 9.98. The molecule has 2 rings (SSSR count). The summed E-state index contributed by atoms with van der Waals surface area (Å²) >= 11 is 0. The molecule has 2 unspecified atom stereocenters. The monoisotopic (exact) mass is 297 g/mol. The van der Waals surface area contributed by atoms with Gasteiger partial charge in [-0.2, -0.15) is 0 Å². The molecule has 0 aliphatic carbocycles. The van der Waals surface area contributed by atoms with Crippen LogP contribution < -0.4 is 10.1 Å². The Kier molecular flexibility index (Phi) is 8.01. The number of ether oxygens (including phenoxy) is 1. The summed E-state index contributed by atoms with van der Waals surface area (Å²) in [7, 11) is 0. The van der Waals surface area contributed by atoms with E-state index < -0.39 is 0 Å². The van der Waals surface area contributed by atoms with Crippen molar-refractivity contribution in [2.75, 3.05) is 13.2 Å². The third-order valence-electron chi connectivity index (χ3n) is 4.20. The maximum atomic E-state index is 6.02. The van der Waals surface area contributed by atoms with E-state index in [0.717, 1.165) is 25.2 Å². The Morgan fingerprint density at radius 1 is 1.30 bits per heavy atom. The molecule has 20 heavy (non-hydrogen) atoms. The number of piperidine rings is 1. The molecule has 0 bridgehead atoms. The highest BCUT2D eigenvalue weighted by Crippen LogP contribution is 2.28. The van der Waals surface area contributed by atoms with Gasteiger partial charge in [-0.25, -0.2) is 0 Å². The van der Waals surface area contributed by atoms with Gasteiger partial charge in [-0.15, -0.1) is 12.4 Å². The van der Waals surface area contributed by atoms with Gasteiger partial charge in [0.25, 0.3) is 0 Å². The summed E-state index contributed by atoms with van der Waals surface area (Å²) in [4.78, 5) is 0.